The number of hydrogen-bond acceptors (Lipinski definition) is 4. The van der Waals surface area contributed by atoms with Gasteiger partial charge in [-0.25, -0.2) is 0 Å². The van der Waals surface area contributed by atoms with Crippen LogP contribution in [0.5, 0.6) is 0 Å². The average molecular weight is 477 g/mol. The van der Waals surface area contributed by atoms with Gasteiger partial charge < -0.3 is 25.3 Å². The highest BCUT2D eigenvalue weighted by atomic mass is 127. The first-order chi connectivity index (χ1) is 11.8. The summed E-state index contributed by atoms with van der Waals surface area (Å²) < 4.78 is 5.18. The Balaban J connectivity index is 0.00000338. The van der Waals surface area contributed by atoms with Crippen molar-refractivity contribution in [2.24, 2.45) is 16.1 Å². The summed E-state index contributed by atoms with van der Waals surface area (Å²) in [5.41, 5.74) is 4.71. The third kappa shape index (κ3) is 5.61. The van der Waals surface area contributed by atoms with E-state index in [9.17, 15) is 9.59 Å². The number of piperazine rings is 1. The number of aliphatic imine (C=N–C) groups is 1. The Kier molecular flexibility index (Phi) is 8.38. The molecule has 1 aliphatic rings. The maximum atomic E-state index is 12.3. The minimum atomic E-state index is -0.697. The molecule has 0 aliphatic carbocycles. The number of hydrogen-bond donors (Lipinski definition) is 2. The van der Waals surface area contributed by atoms with E-state index >= 15 is 0 Å². The standard InChI is InChI=1S/C17H27N5O3.HI/c1-4-19-16(20-12-17(2,3)15(18)24)22-9-7-21(8-10-22)14(23)13-6-5-11-25-13;/h5-6,11H,4,7-10,12H2,1-3H3,(H2,18,24)(H,19,20);1H. The molecular formula is C17H28IN5O3. The van der Waals surface area contributed by atoms with Gasteiger partial charge in [-0.05, 0) is 32.9 Å². The van der Waals surface area contributed by atoms with E-state index in [4.69, 9.17) is 10.2 Å². The maximum Gasteiger partial charge on any atom is 0.289 e. The molecule has 1 saturated heterocycles. The second-order valence-corrected chi connectivity index (χ2v) is 6.67. The molecule has 8 nitrogen and oxygen atoms in total. The molecule has 2 amide bonds. The monoisotopic (exact) mass is 477 g/mol. The van der Waals surface area contributed by atoms with Gasteiger partial charge in [0.2, 0.25) is 5.91 Å². The number of furan rings is 1. The zero-order chi connectivity index (χ0) is 18.4. The lowest BCUT2D eigenvalue weighted by Gasteiger charge is -2.36. The van der Waals surface area contributed by atoms with Crippen molar-refractivity contribution in [2.45, 2.75) is 20.8 Å². The van der Waals surface area contributed by atoms with Crippen LogP contribution in [0, 0.1) is 5.41 Å². The fraction of sp³-hybridized carbons (Fsp3) is 0.588. The molecule has 26 heavy (non-hydrogen) atoms. The van der Waals surface area contributed by atoms with E-state index < -0.39 is 5.41 Å². The summed E-state index contributed by atoms with van der Waals surface area (Å²) in [6.45, 7) is 9.09. The van der Waals surface area contributed by atoms with Crippen LogP contribution in [-0.4, -0.2) is 66.8 Å². The zero-order valence-corrected chi connectivity index (χ0v) is 17.9. The molecule has 1 aromatic rings. The van der Waals surface area contributed by atoms with E-state index in [0.717, 1.165) is 12.5 Å². The molecule has 0 saturated carbocycles. The number of halogens is 1. The predicted molar refractivity (Wildman–Crippen MR) is 111 cm³/mol. The Morgan fingerprint density at radius 1 is 1.27 bits per heavy atom. The quantitative estimate of drug-likeness (QED) is 0.376. The van der Waals surface area contributed by atoms with Crippen molar-refractivity contribution in [1.29, 1.82) is 0 Å². The van der Waals surface area contributed by atoms with Gasteiger partial charge in [-0.3, -0.25) is 14.6 Å². The summed E-state index contributed by atoms with van der Waals surface area (Å²) in [7, 11) is 0. The van der Waals surface area contributed by atoms with Crippen molar-refractivity contribution in [3.05, 3.63) is 24.2 Å². The molecular weight excluding hydrogens is 449 g/mol. The fourth-order valence-electron chi connectivity index (χ4n) is 2.45. The number of primary amides is 1. The van der Waals surface area contributed by atoms with Crippen molar-refractivity contribution in [3.63, 3.8) is 0 Å². The van der Waals surface area contributed by atoms with Gasteiger partial charge in [-0.15, -0.1) is 24.0 Å². The van der Waals surface area contributed by atoms with Crippen LogP contribution in [-0.2, 0) is 4.79 Å². The van der Waals surface area contributed by atoms with Crippen molar-refractivity contribution >= 4 is 41.8 Å². The number of nitrogens with two attached hydrogens (primary N) is 1. The van der Waals surface area contributed by atoms with Crippen LogP contribution < -0.4 is 11.1 Å². The molecule has 3 N–H and O–H groups in total. The van der Waals surface area contributed by atoms with Crippen molar-refractivity contribution in [1.82, 2.24) is 15.1 Å². The van der Waals surface area contributed by atoms with Crippen LogP contribution in [0.15, 0.2) is 27.8 Å². The van der Waals surface area contributed by atoms with E-state index in [2.05, 4.69) is 15.2 Å². The van der Waals surface area contributed by atoms with Crippen LogP contribution in [0.1, 0.15) is 31.3 Å². The minimum Gasteiger partial charge on any atom is -0.459 e. The lowest BCUT2D eigenvalue weighted by molar-refractivity contribution is -0.125. The van der Waals surface area contributed by atoms with E-state index in [0.29, 0.717) is 38.5 Å². The molecule has 146 valence electrons. The predicted octanol–water partition coefficient (Wildman–Crippen LogP) is 1.13. The highest BCUT2D eigenvalue weighted by molar-refractivity contribution is 14.0. The fourth-order valence-corrected chi connectivity index (χ4v) is 2.45. The Morgan fingerprint density at radius 2 is 1.88 bits per heavy atom. The van der Waals surface area contributed by atoms with Gasteiger partial charge >= 0.3 is 0 Å². The Hall–Kier alpha value is -1.78. The maximum absolute atomic E-state index is 12.3. The molecule has 0 radical (unpaired) electrons. The topological polar surface area (TPSA) is 104 Å². The Morgan fingerprint density at radius 3 is 2.38 bits per heavy atom. The number of amides is 2. The molecule has 1 aromatic heterocycles. The number of carbonyl (C=O) groups excluding carboxylic acids is 2. The average Bonchev–Trinajstić information content (AvgIpc) is 3.12. The lowest BCUT2D eigenvalue weighted by atomic mass is 9.93. The Labute approximate surface area is 171 Å². The van der Waals surface area contributed by atoms with E-state index in [1.165, 1.54) is 6.26 Å². The normalized spacial score (nSPS) is 15.4. The summed E-state index contributed by atoms with van der Waals surface area (Å²) >= 11 is 0. The van der Waals surface area contributed by atoms with Gasteiger partial charge in [-0.2, -0.15) is 0 Å². The number of rotatable bonds is 5. The minimum absolute atomic E-state index is 0. The number of carbonyl (C=O) groups is 2. The SMILES string of the molecule is CCNC(=NCC(C)(C)C(N)=O)N1CCN(C(=O)c2ccco2)CC1.I. The highest BCUT2D eigenvalue weighted by Gasteiger charge is 2.27. The summed E-state index contributed by atoms with van der Waals surface area (Å²) in [6.07, 6.45) is 1.50. The molecule has 1 fully saturated rings. The first-order valence-electron chi connectivity index (χ1n) is 8.51. The summed E-state index contributed by atoms with van der Waals surface area (Å²) in [5.74, 6) is 0.626. The van der Waals surface area contributed by atoms with Crippen LogP contribution in [0.3, 0.4) is 0 Å². The van der Waals surface area contributed by atoms with Crippen LogP contribution in [0.25, 0.3) is 0 Å². The van der Waals surface area contributed by atoms with Crippen molar-refractivity contribution in [2.75, 3.05) is 39.3 Å². The van der Waals surface area contributed by atoms with Gasteiger partial charge in [0.15, 0.2) is 11.7 Å². The molecule has 0 atom stereocenters. The third-order valence-electron chi connectivity index (χ3n) is 4.22. The molecule has 0 aromatic carbocycles. The summed E-state index contributed by atoms with van der Waals surface area (Å²) in [6, 6.07) is 3.38. The molecule has 1 aliphatic heterocycles. The van der Waals surface area contributed by atoms with E-state index in [1.807, 2.05) is 6.92 Å². The number of guanidine groups is 1. The van der Waals surface area contributed by atoms with E-state index in [-0.39, 0.29) is 35.8 Å². The third-order valence-corrected chi connectivity index (χ3v) is 4.22. The molecule has 9 heteroatoms. The van der Waals surface area contributed by atoms with Crippen LogP contribution >= 0.6 is 24.0 Å². The summed E-state index contributed by atoms with van der Waals surface area (Å²) in [5, 5.41) is 3.24. The first-order valence-corrected chi connectivity index (χ1v) is 8.51. The smallest absolute Gasteiger partial charge is 0.289 e. The number of nitrogens with one attached hydrogen (secondary N) is 1. The molecule has 2 rings (SSSR count). The second kappa shape index (κ2) is 9.79. The molecule has 0 spiro atoms. The second-order valence-electron chi connectivity index (χ2n) is 6.67. The van der Waals surface area contributed by atoms with Crippen LogP contribution in [0.4, 0.5) is 0 Å². The van der Waals surface area contributed by atoms with Gasteiger partial charge in [0.25, 0.3) is 5.91 Å². The molecule has 0 unspecified atom stereocenters. The van der Waals surface area contributed by atoms with Crippen LogP contribution in [0.2, 0.25) is 0 Å². The van der Waals surface area contributed by atoms with Gasteiger partial charge in [0.1, 0.15) is 0 Å². The van der Waals surface area contributed by atoms with Crippen molar-refractivity contribution in [3.8, 4) is 0 Å². The lowest BCUT2D eigenvalue weighted by Crippen LogP contribution is -2.54. The highest BCUT2D eigenvalue weighted by Crippen LogP contribution is 2.15. The van der Waals surface area contributed by atoms with Gasteiger partial charge in [0, 0.05) is 32.7 Å². The largest absolute Gasteiger partial charge is 0.459 e. The zero-order valence-electron chi connectivity index (χ0n) is 15.5. The van der Waals surface area contributed by atoms with E-state index in [1.54, 1.807) is 30.9 Å². The Bertz CT molecular complexity index is 622. The van der Waals surface area contributed by atoms with Gasteiger partial charge in [0.05, 0.1) is 18.2 Å². The summed E-state index contributed by atoms with van der Waals surface area (Å²) in [4.78, 5) is 32.2. The first kappa shape index (κ1) is 22.3. The van der Waals surface area contributed by atoms with Crippen molar-refractivity contribution < 1.29 is 14.0 Å². The van der Waals surface area contributed by atoms with Gasteiger partial charge in [-0.1, -0.05) is 0 Å². The molecule has 0 bridgehead atoms. The number of nitrogens with zero attached hydrogens (tertiary/aromatic N) is 3. The molecule has 2 heterocycles.